The summed E-state index contributed by atoms with van der Waals surface area (Å²) >= 11 is 5.73. The third-order valence-corrected chi connectivity index (χ3v) is 2.46. The van der Waals surface area contributed by atoms with Crippen molar-refractivity contribution in [2.75, 3.05) is 5.88 Å². The maximum atomic E-state index is 11.2. The number of nitrogens with one attached hydrogen (secondary N) is 1. The summed E-state index contributed by atoms with van der Waals surface area (Å²) in [5.74, 6) is 0.417. The van der Waals surface area contributed by atoms with Gasteiger partial charge in [0, 0.05) is 23.1 Å². The van der Waals surface area contributed by atoms with Gasteiger partial charge >= 0.3 is 0 Å². The molecule has 1 rings (SSSR count). The number of nitrogens with zero attached hydrogens (tertiary/aromatic N) is 1. The fourth-order valence-electron chi connectivity index (χ4n) is 0.949. The summed E-state index contributed by atoms with van der Waals surface area (Å²) in [5, 5.41) is 5.99. The monoisotopic (exact) mass is 186 g/mol. The second kappa shape index (κ2) is 3.27. The summed E-state index contributed by atoms with van der Waals surface area (Å²) in [6, 6.07) is 1.70. The molecule has 0 bridgehead atoms. The second-order valence-corrected chi connectivity index (χ2v) is 3.58. The van der Waals surface area contributed by atoms with Crippen molar-refractivity contribution in [1.29, 1.82) is 0 Å². The van der Waals surface area contributed by atoms with Crippen LogP contribution in [0.1, 0.15) is 19.4 Å². The smallest absolute Gasteiger partial charge is 0.267 e. The van der Waals surface area contributed by atoms with Crippen LogP contribution in [0.3, 0.4) is 0 Å². The van der Waals surface area contributed by atoms with E-state index in [1.807, 2.05) is 13.8 Å². The molecule has 1 aromatic heterocycles. The zero-order chi connectivity index (χ0) is 9.19. The Kier molecular flexibility index (Phi) is 2.52. The molecule has 0 radical (unpaired) electrons. The van der Waals surface area contributed by atoms with E-state index in [1.165, 1.54) is 0 Å². The van der Waals surface area contributed by atoms with Crippen LogP contribution in [0.25, 0.3) is 0 Å². The fraction of sp³-hybridized carbons (Fsp3) is 0.500. The Labute approximate surface area is 75.8 Å². The highest BCUT2D eigenvalue weighted by Crippen LogP contribution is 2.20. The van der Waals surface area contributed by atoms with Crippen molar-refractivity contribution < 1.29 is 0 Å². The fourth-order valence-corrected chi connectivity index (χ4v) is 1.09. The molecule has 1 heterocycles. The zero-order valence-electron chi connectivity index (χ0n) is 7.10. The summed E-state index contributed by atoms with van der Waals surface area (Å²) in [4.78, 5) is 11.2. The van der Waals surface area contributed by atoms with Crippen LogP contribution in [-0.4, -0.2) is 16.1 Å². The maximum absolute atomic E-state index is 11.2. The molecule has 0 unspecified atom stereocenters. The van der Waals surface area contributed by atoms with Gasteiger partial charge in [-0.1, -0.05) is 13.8 Å². The van der Waals surface area contributed by atoms with Crippen molar-refractivity contribution in [2.45, 2.75) is 19.3 Å². The Hall–Kier alpha value is -0.830. The molecule has 12 heavy (non-hydrogen) atoms. The van der Waals surface area contributed by atoms with Crippen molar-refractivity contribution in [3.05, 3.63) is 28.2 Å². The minimum Gasteiger partial charge on any atom is -0.268 e. The van der Waals surface area contributed by atoms with Crippen molar-refractivity contribution in [2.24, 2.45) is 0 Å². The summed E-state index contributed by atoms with van der Waals surface area (Å²) in [6.07, 6.45) is 1.56. The number of aromatic amines is 1. The van der Waals surface area contributed by atoms with Crippen LogP contribution in [-0.2, 0) is 5.41 Å². The van der Waals surface area contributed by atoms with E-state index >= 15 is 0 Å². The lowest BCUT2D eigenvalue weighted by atomic mass is 9.88. The average Bonchev–Trinajstić information content (AvgIpc) is 2.05. The van der Waals surface area contributed by atoms with E-state index in [4.69, 9.17) is 11.6 Å². The molecule has 1 N–H and O–H groups in total. The molecule has 4 heteroatoms. The normalized spacial score (nSPS) is 11.6. The molecule has 0 saturated carbocycles. The molecule has 0 fully saturated rings. The van der Waals surface area contributed by atoms with E-state index < -0.39 is 0 Å². The van der Waals surface area contributed by atoms with Crippen LogP contribution in [0.5, 0.6) is 0 Å². The highest BCUT2D eigenvalue weighted by atomic mass is 35.5. The SMILES string of the molecule is CC(C)(CCl)c1ccn[nH]c1=O. The van der Waals surface area contributed by atoms with Crippen LogP contribution in [0.2, 0.25) is 0 Å². The quantitative estimate of drug-likeness (QED) is 0.708. The van der Waals surface area contributed by atoms with Gasteiger partial charge in [0.25, 0.3) is 5.56 Å². The van der Waals surface area contributed by atoms with E-state index in [1.54, 1.807) is 12.3 Å². The molecule has 0 aromatic carbocycles. The molecule has 0 aliphatic rings. The van der Waals surface area contributed by atoms with Crippen molar-refractivity contribution in [3.8, 4) is 0 Å². The van der Waals surface area contributed by atoms with Crippen LogP contribution < -0.4 is 5.56 Å². The Balaban J connectivity index is 3.20. The van der Waals surface area contributed by atoms with Gasteiger partial charge in [0.15, 0.2) is 0 Å². The van der Waals surface area contributed by atoms with E-state index in [-0.39, 0.29) is 11.0 Å². The van der Waals surface area contributed by atoms with Crippen LogP contribution >= 0.6 is 11.6 Å². The van der Waals surface area contributed by atoms with E-state index in [0.29, 0.717) is 11.4 Å². The predicted octanol–water partition coefficient (Wildman–Crippen LogP) is 1.29. The van der Waals surface area contributed by atoms with Crippen molar-refractivity contribution in [1.82, 2.24) is 10.2 Å². The van der Waals surface area contributed by atoms with Gasteiger partial charge < -0.3 is 0 Å². The number of alkyl halides is 1. The van der Waals surface area contributed by atoms with Crippen LogP contribution in [0.4, 0.5) is 0 Å². The summed E-state index contributed by atoms with van der Waals surface area (Å²) in [6.45, 7) is 3.84. The molecular formula is C8H11ClN2O. The van der Waals surface area contributed by atoms with Gasteiger partial charge in [-0.05, 0) is 6.07 Å². The third-order valence-electron chi connectivity index (χ3n) is 1.79. The first-order chi connectivity index (χ1) is 5.58. The number of H-pyrrole nitrogens is 1. The molecule has 0 atom stereocenters. The third kappa shape index (κ3) is 1.67. The van der Waals surface area contributed by atoms with Gasteiger partial charge in [0.1, 0.15) is 0 Å². The first-order valence-electron chi connectivity index (χ1n) is 3.68. The Morgan fingerprint density at radius 3 is 2.83 bits per heavy atom. The molecule has 0 spiro atoms. The lowest BCUT2D eigenvalue weighted by Crippen LogP contribution is -2.28. The van der Waals surface area contributed by atoms with E-state index in [0.717, 1.165) is 0 Å². The van der Waals surface area contributed by atoms with Crippen LogP contribution in [0.15, 0.2) is 17.1 Å². The number of rotatable bonds is 2. The molecule has 0 aliphatic heterocycles. The molecule has 0 aliphatic carbocycles. The molecule has 0 saturated heterocycles. The Bertz CT molecular complexity index is 319. The standard InChI is InChI=1S/C8H11ClN2O/c1-8(2,5-9)6-3-4-10-11-7(6)12/h3-4H,5H2,1-2H3,(H,11,12). The van der Waals surface area contributed by atoms with E-state index in [9.17, 15) is 4.79 Å². The molecule has 3 nitrogen and oxygen atoms in total. The number of aromatic nitrogens is 2. The number of hydrogen-bond donors (Lipinski definition) is 1. The number of hydrogen-bond acceptors (Lipinski definition) is 2. The summed E-state index contributed by atoms with van der Waals surface area (Å²) in [7, 11) is 0. The second-order valence-electron chi connectivity index (χ2n) is 3.32. The van der Waals surface area contributed by atoms with Gasteiger partial charge in [-0.3, -0.25) is 4.79 Å². The summed E-state index contributed by atoms with van der Waals surface area (Å²) in [5.41, 5.74) is 0.216. The highest BCUT2D eigenvalue weighted by molar-refractivity contribution is 6.18. The van der Waals surface area contributed by atoms with E-state index in [2.05, 4.69) is 10.2 Å². The zero-order valence-corrected chi connectivity index (χ0v) is 7.85. The lowest BCUT2D eigenvalue weighted by Gasteiger charge is -2.19. The topological polar surface area (TPSA) is 45.8 Å². The van der Waals surface area contributed by atoms with Gasteiger partial charge in [0.05, 0.1) is 0 Å². The van der Waals surface area contributed by atoms with Crippen molar-refractivity contribution in [3.63, 3.8) is 0 Å². The average molecular weight is 187 g/mol. The first-order valence-corrected chi connectivity index (χ1v) is 4.21. The van der Waals surface area contributed by atoms with Crippen LogP contribution in [0, 0.1) is 0 Å². The predicted molar refractivity (Wildman–Crippen MR) is 48.6 cm³/mol. The first kappa shape index (κ1) is 9.26. The highest BCUT2D eigenvalue weighted by Gasteiger charge is 2.22. The molecule has 0 amide bonds. The van der Waals surface area contributed by atoms with Gasteiger partial charge in [-0.25, -0.2) is 5.10 Å². The number of halogens is 1. The molecule has 1 aromatic rings. The molecular weight excluding hydrogens is 176 g/mol. The largest absolute Gasteiger partial charge is 0.268 e. The van der Waals surface area contributed by atoms with Crippen molar-refractivity contribution >= 4 is 11.6 Å². The van der Waals surface area contributed by atoms with Gasteiger partial charge in [-0.2, -0.15) is 5.10 Å². The summed E-state index contributed by atoms with van der Waals surface area (Å²) < 4.78 is 0. The maximum Gasteiger partial charge on any atom is 0.267 e. The minimum absolute atomic E-state index is 0.164. The van der Waals surface area contributed by atoms with Gasteiger partial charge in [-0.15, -0.1) is 11.6 Å². The molecule has 66 valence electrons. The Morgan fingerprint density at radius 1 is 1.67 bits per heavy atom. The van der Waals surface area contributed by atoms with Gasteiger partial charge in [0.2, 0.25) is 0 Å². The Morgan fingerprint density at radius 2 is 2.33 bits per heavy atom. The minimum atomic E-state index is -0.294. The lowest BCUT2D eigenvalue weighted by molar-refractivity contribution is 0.585.